The van der Waals surface area contributed by atoms with Crippen molar-refractivity contribution in [2.24, 2.45) is 0 Å². The molecule has 0 saturated carbocycles. The topological polar surface area (TPSA) is 75.6 Å². The molecule has 1 aromatic rings. The highest BCUT2D eigenvalue weighted by Crippen LogP contribution is 2.24. The van der Waals surface area contributed by atoms with Crippen molar-refractivity contribution in [1.29, 1.82) is 0 Å². The number of sulfonamides is 1. The molecule has 0 aliphatic rings. The van der Waals surface area contributed by atoms with E-state index in [-0.39, 0.29) is 11.5 Å². The van der Waals surface area contributed by atoms with Gasteiger partial charge >= 0.3 is 0 Å². The summed E-state index contributed by atoms with van der Waals surface area (Å²) >= 11 is 0. The molecule has 0 bridgehead atoms. The number of aliphatic hydroxyl groups is 1. The molecule has 1 rings (SSSR count). The maximum absolute atomic E-state index is 12.1. The van der Waals surface area contributed by atoms with Crippen LogP contribution < -0.4 is 9.46 Å². The molecule has 0 fully saturated rings. The van der Waals surface area contributed by atoms with Crippen LogP contribution in [0.1, 0.15) is 18.9 Å². The van der Waals surface area contributed by atoms with Gasteiger partial charge < -0.3 is 9.84 Å². The summed E-state index contributed by atoms with van der Waals surface area (Å²) in [4.78, 5) is 0.0856. The van der Waals surface area contributed by atoms with Gasteiger partial charge in [0.25, 0.3) is 0 Å². The fourth-order valence-electron chi connectivity index (χ4n) is 1.53. The Bertz CT molecular complexity index is 495. The van der Waals surface area contributed by atoms with E-state index in [1.165, 1.54) is 13.2 Å². The van der Waals surface area contributed by atoms with Gasteiger partial charge in [-0.05, 0) is 31.0 Å². The molecule has 5 nitrogen and oxygen atoms in total. The third kappa shape index (κ3) is 3.44. The van der Waals surface area contributed by atoms with Gasteiger partial charge in [0.1, 0.15) is 10.6 Å². The number of methoxy groups -OCH3 is 1. The average Bonchev–Trinajstić information content (AvgIpc) is 2.35. The number of aliphatic hydroxyl groups excluding tert-OH is 1. The van der Waals surface area contributed by atoms with Gasteiger partial charge in [-0.3, -0.25) is 0 Å². The molecule has 0 saturated heterocycles. The van der Waals surface area contributed by atoms with Crippen LogP contribution in [0.4, 0.5) is 0 Å². The van der Waals surface area contributed by atoms with E-state index in [2.05, 4.69) is 4.72 Å². The lowest BCUT2D eigenvalue weighted by molar-refractivity contribution is 0.253. The monoisotopic (exact) mass is 273 g/mol. The number of rotatable bonds is 6. The normalized spacial score (nSPS) is 13.3. The minimum absolute atomic E-state index is 0.0856. The van der Waals surface area contributed by atoms with Gasteiger partial charge in [-0.25, -0.2) is 13.1 Å². The lowest BCUT2D eigenvalue weighted by Crippen LogP contribution is -2.37. The van der Waals surface area contributed by atoms with Crippen molar-refractivity contribution in [3.8, 4) is 5.75 Å². The zero-order valence-corrected chi connectivity index (χ0v) is 11.6. The van der Waals surface area contributed by atoms with Gasteiger partial charge in [-0.1, -0.05) is 13.0 Å². The SMILES string of the molecule is CC[C@H](CO)NS(=O)(=O)c1ccc(C)cc1OC. The number of hydrogen-bond acceptors (Lipinski definition) is 4. The summed E-state index contributed by atoms with van der Waals surface area (Å²) < 4.78 is 31.8. The Kier molecular flexibility index (Phi) is 5.13. The summed E-state index contributed by atoms with van der Waals surface area (Å²) in [6.07, 6.45) is 0.518. The molecule has 0 aromatic heterocycles. The summed E-state index contributed by atoms with van der Waals surface area (Å²) in [6, 6.07) is 4.38. The van der Waals surface area contributed by atoms with Crippen molar-refractivity contribution >= 4 is 10.0 Å². The van der Waals surface area contributed by atoms with E-state index in [1.807, 2.05) is 6.92 Å². The van der Waals surface area contributed by atoms with Crippen LogP contribution in [0.2, 0.25) is 0 Å². The van der Waals surface area contributed by atoms with Crippen LogP contribution in [0.25, 0.3) is 0 Å². The van der Waals surface area contributed by atoms with Crippen LogP contribution in [0.3, 0.4) is 0 Å². The lowest BCUT2D eigenvalue weighted by Gasteiger charge is -2.16. The van der Waals surface area contributed by atoms with E-state index < -0.39 is 16.1 Å². The summed E-state index contributed by atoms with van der Waals surface area (Å²) in [6.45, 7) is 3.43. The number of ether oxygens (including phenoxy) is 1. The summed E-state index contributed by atoms with van der Waals surface area (Å²) in [5.74, 6) is 0.301. The quantitative estimate of drug-likeness (QED) is 0.812. The second-order valence-electron chi connectivity index (χ2n) is 4.06. The molecule has 0 aliphatic carbocycles. The minimum Gasteiger partial charge on any atom is -0.495 e. The van der Waals surface area contributed by atoms with Gasteiger partial charge in [-0.15, -0.1) is 0 Å². The van der Waals surface area contributed by atoms with E-state index in [9.17, 15) is 8.42 Å². The molecular formula is C12H19NO4S. The molecule has 0 unspecified atom stereocenters. The third-order valence-electron chi connectivity index (χ3n) is 2.64. The maximum Gasteiger partial charge on any atom is 0.244 e. The fourth-order valence-corrected chi connectivity index (χ4v) is 2.99. The minimum atomic E-state index is -3.68. The zero-order chi connectivity index (χ0) is 13.8. The molecule has 0 radical (unpaired) electrons. The second kappa shape index (κ2) is 6.17. The van der Waals surface area contributed by atoms with Crippen molar-refractivity contribution in [2.45, 2.75) is 31.2 Å². The molecule has 102 valence electrons. The van der Waals surface area contributed by atoms with Crippen LogP contribution in [-0.4, -0.2) is 33.3 Å². The predicted octanol–water partition coefficient (Wildman–Crippen LogP) is 1.05. The first kappa shape index (κ1) is 14.9. The largest absolute Gasteiger partial charge is 0.495 e. The number of nitrogens with one attached hydrogen (secondary N) is 1. The van der Waals surface area contributed by atoms with Crippen LogP contribution >= 0.6 is 0 Å². The van der Waals surface area contributed by atoms with Gasteiger partial charge in [-0.2, -0.15) is 0 Å². The number of benzene rings is 1. The molecule has 2 N–H and O–H groups in total. The first-order chi connectivity index (χ1) is 8.44. The van der Waals surface area contributed by atoms with Crippen molar-refractivity contribution in [3.05, 3.63) is 23.8 Å². The number of hydrogen-bond donors (Lipinski definition) is 2. The highest BCUT2D eigenvalue weighted by molar-refractivity contribution is 7.89. The molecular weight excluding hydrogens is 254 g/mol. The zero-order valence-electron chi connectivity index (χ0n) is 10.8. The fraction of sp³-hybridized carbons (Fsp3) is 0.500. The van der Waals surface area contributed by atoms with Crippen molar-refractivity contribution in [1.82, 2.24) is 4.72 Å². The highest BCUT2D eigenvalue weighted by atomic mass is 32.2. The Morgan fingerprint density at radius 2 is 2.11 bits per heavy atom. The standard InChI is InChI=1S/C12H19NO4S/c1-4-10(8-14)13-18(15,16)12-6-5-9(2)7-11(12)17-3/h5-7,10,13-14H,4,8H2,1-3H3/t10-/m1/s1. The van der Waals surface area contributed by atoms with Gasteiger partial charge in [0.05, 0.1) is 13.7 Å². The molecule has 0 amide bonds. The van der Waals surface area contributed by atoms with Crippen LogP contribution in [0.15, 0.2) is 23.1 Å². The Balaban J connectivity index is 3.12. The van der Waals surface area contributed by atoms with Crippen LogP contribution in [0.5, 0.6) is 5.75 Å². The molecule has 0 heterocycles. The van der Waals surface area contributed by atoms with Crippen LogP contribution in [-0.2, 0) is 10.0 Å². The van der Waals surface area contributed by atoms with Gasteiger partial charge in [0, 0.05) is 6.04 Å². The van der Waals surface area contributed by atoms with Crippen molar-refractivity contribution < 1.29 is 18.3 Å². The van der Waals surface area contributed by atoms with Crippen molar-refractivity contribution in [3.63, 3.8) is 0 Å². The van der Waals surface area contributed by atoms with E-state index in [4.69, 9.17) is 9.84 Å². The Labute approximate surface area is 108 Å². The smallest absolute Gasteiger partial charge is 0.244 e. The van der Waals surface area contributed by atoms with Gasteiger partial charge in [0.15, 0.2) is 0 Å². The Morgan fingerprint density at radius 1 is 1.44 bits per heavy atom. The Hall–Kier alpha value is -1.11. The summed E-state index contributed by atoms with van der Waals surface area (Å²) in [7, 11) is -2.25. The third-order valence-corrected chi connectivity index (χ3v) is 4.20. The van der Waals surface area contributed by atoms with E-state index in [1.54, 1.807) is 19.1 Å². The van der Waals surface area contributed by atoms with Gasteiger partial charge in [0.2, 0.25) is 10.0 Å². The predicted molar refractivity (Wildman–Crippen MR) is 69.2 cm³/mol. The van der Waals surface area contributed by atoms with E-state index in [0.29, 0.717) is 12.2 Å². The Morgan fingerprint density at radius 3 is 2.61 bits per heavy atom. The number of aryl methyl sites for hydroxylation is 1. The second-order valence-corrected chi connectivity index (χ2v) is 5.75. The molecule has 0 spiro atoms. The van der Waals surface area contributed by atoms with Crippen LogP contribution in [0, 0.1) is 6.92 Å². The molecule has 1 aromatic carbocycles. The average molecular weight is 273 g/mol. The molecule has 1 atom stereocenters. The lowest BCUT2D eigenvalue weighted by atomic mass is 10.2. The summed E-state index contributed by atoms with van der Waals surface area (Å²) in [5.41, 5.74) is 0.917. The first-order valence-corrected chi connectivity index (χ1v) is 7.20. The summed E-state index contributed by atoms with van der Waals surface area (Å²) in [5, 5.41) is 9.05. The highest BCUT2D eigenvalue weighted by Gasteiger charge is 2.22. The van der Waals surface area contributed by atoms with E-state index >= 15 is 0 Å². The molecule has 18 heavy (non-hydrogen) atoms. The van der Waals surface area contributed by atoms with E-state index in [0.717, 1.165) is 5.56 Å². The molecule has 0 aliphatic heterocycles. The first-order valence-electron chi connectivity index (χ1n) is 5.72. The molecule has 6 heteroatoms. The maximum atomic E-state index is 12.1. The van der Waals surface area contributed by atoms with Crippen molar-refractivity contribution in [2.75, 3.05) is 13.7 Å².